The van der Waals surface area contributed by atoms with Crippen LogP contribution in [-0.2, 0) is 4.79 Å². The Morgan fingerprint density at radius 1 is 1.38 bits per heavy atom. The quantitative estimate of drug-likeness (QED) is 0.366. The fourth-order valence-corrected chi connectivity index (χ4v) is 0.863. The zero-order valence-electron chi connectivity index (χ0n) is 6.44. The molecule has 0 atom stereocenters. The third-order valence-electron chi connectivity index (χ3n) is 1.38. The molecular formula is C7H5BFNO3. The number of hydrogen-bond donors (Lipinski definition) is 2. The van der Waals surface area contributed by atoms with Crippen LogP contribution >= 0.6 is 0 Å². The zero-order valence-corrected chi connectivity index (χ0v) is 6.44. The Balaban J connectivity index is 3.18. The first-order valence-electron chi connectivity index (χ1n) is 3.38. The first-order chi connectivity index (χ1) is 6.13. The van der Waals surface area contributed by atoms with E-state index in [4.69, 9.17) is 10.0 Å². The van der Waals surface area contributed by atoms with Gasteiger partial charge in [0, 0.05) is 6.07 Å². The molecule has 0 aromatic heterocycles. The number of hydrogen-bond acceptors (Lipinski definition) is 4. The van der Waals surface area contributed by atoms with E-state index >= 15 is 0 Å². The van der Waals surface area contributed by atoms with Crippen LogP contribution in [0.4, 0.5) is 10.1 Å². The molecule has 1 rings (SSSR count). The molecule has 4 nitrogen and oxygen atoms in total. The number of aliphatic imine (C=N–C) groups is 1. The summed E-state index contributed by atoms with van der Waals surface area (Å²) < 4.78 is 12.7. The Morgan fingerprint density at radius 2 is 2.08 bits per heavy atom. The second-order valence-electron chi connectivity index (χ2n) is 2.32. The standard InChI is InChI=1S/C7H5BFNO3/c9-6-1-5(8(12)13)2-7(3-6)10-4-11/h1-3,12-13H. The molecule has 0 bridgehead atoms. The lowest BCUT2D eigenvalue weighted by molar-refractivity contribution is 0.425. The number of nitrogens with zero attached hydrogens (tertiary/aromatic N) is 1. The molecule has 13 heavy (non-hydrogen) atoms. The second kappa shape index (κ2) is 3.95. The summed E-state index contributed by atoms with van der Waals surface area (Å²) in [5.74, 6) is -0.695. The molecule has 0 radical (unpaired) electrons. The number of carbonyl (C=O) groups excluding carboxylic acids is 1. The molecule has 0 aliphatic heterocycles. The molecule has 1 aromatic carbocycles. The molecule has 0 saturated carbocycles. The predicted molar refractivity (Wildman–Crippen MR) is 44.0 cm³/mol. The average Bonchev–Trinajstić information content (AvgIpc) is 2.03. The van der Waals surface area contributed by atoms with Gasteiger partial charge in [0.1, 0.15) is 5.82 Å². The maximum absolute atomic E-state index is 12.7. The number of benzene rings is 1. The van der Waals surface area contributed by atoms with Gasteiger partial charge in [-0.3, -0.25) is 0 Å². The lowest BCUT2D eigenvalue weighted by Gasteiger charge is -1.99. The van der Waals surface area contributed by atoms with Gasteiger partial charge in [-0.2, -0.15) is 4.99 Å². The molecule has 2 N–H and O–H groups in total. The summed E-state index contributed by atoms with van der Waals surface area (Å²) in [5, 5.41) is 17.4. The SMILES string of the molecule is O=C=Nc1cc(F)cc(B(O)O)c1. The van der Waals surface area contributed by atoms with E-state index in [2.05, 4.69) is 4.99 Å². The van der Waals surface area contributed by atoms with E-state index in [1.54, 1.807) is 0 Å². The van der Waals surface area contributed by atoms with Crippen molar-refractivity contribution in [2.75, 3.05) is 0 Å². The minimum Gasteiger partial charge on any atom is -0.423 e. The summed E-state index contributed by atoms with van der Waals surface area (Å²) in [6, 6.07) is 3.10. The first-order valence-corrected chi connectivity index (χ1v) is 3.38. The molecule has 0 heterocycles. The molecule has 0 aliphatic rings. The van der Waals surface area contributed by atoms with Crippen molar-refractivity contribution in [2.24, 2.45) is 4.99 Å². The summed E-state index contributed by atoms with van der Waals surface area (Å²) in [6.45, 7) is 0. The maximum Gasteiger partial charge on any atom is 0.488 e. The smallest absolute Gasteiger partial charge is 0.423 e. The highest BCUT2D eigenvalue weighted by Gasteiger charge is 2.12. The number of rotatable bonds is 2. The fourth-order valence-electron chi connectivity index (χ4n) is 0.863. The van der Waals surface area contributed by atoms with E-state index in [0.717, 1.165) is 12.1 Å². The van der Waals surface area contributed by atoms with E-state index in [-0.39, 0.29) is 11.2 Å². The van der Waals surface area contributed by atoms with Gasteiger partial charge in [-0.05, 0) is 17.6 Å². The van der Waals surface area contributed by atoms with Gasteiger partial charge in [0.2, 0.25) is 6.08 Å². The van der Waals surface area contributed by atoms with Crippen molar-refractivity contribution in [3.05, 3.63) is 24.0 Å². The average molecular weight is 181 g/mol. The molecule has 0 spiro atoms. The molecule has 6 heteroatoms. The van der Waals surface area contributed by atoms with Gasteiger partial charge in [-0.1, -0.05) is 0 Å². The zero-order chi connectivity index (χ0) is 9.84. The van der Waals surface area contributed by atoms with E-state index in [1.165, 1.54) is 12.1 Å². The van der Waals surface area contributed by atoms with Crippen LogP contribution in [0.1, 0.15) is 0 Å². The highest BCUT2D eigenvalue weighted by molar-refractivity contribution is 6.58. The van der Waals surface area contributed by atoms with Crippen molar-refractivity contribution in [1.82, 2.24) is 0 Å². The van der Waals surface area contributed by atoms with Crippen molar-refractivity contribution in [3.63, 3.8) is 0 Å². The van der Waals surface area contributed by atoms with Gasteiger partial charge in [0.05, 0.1) is 5.69 Å². The van der Waals surface area contributed by atoms with Gasteiger partial charge in [0.25, 0.3) is 0 Å². The minimum atomic E-state index is -1.78. The Morgan fingerprint density at radius 3 is 2.62 bits per heavy atom. The van der Waals surface area contributed by atoms with Crippen LogP contribution in [0, 0.1) is 5.82 Å². The lowest BCUT2D eigenvalue weighted by atomic mass is 9.80. The lowest BCUT2D eigenvalue weighted by Crippen LogP contribution is -2.29. The topological polar surface area (TPSA) is 69.9 Å². The van der Waals surface area contributed by atoms with Crippen molar-refractivity contribution >= 4 is 24.3 Å². The Kier molecular flexibility index (Phi) is 2.92. The summed E-state index contributed by atoms with van der Waals surface area (Å²) >= 11 is 0. The van der Waals surface area contributed by atoms with Gasteiger partial charge in [-0.25, -0.2) is 9.18 Å². The van der Waals surface area contributed by atoms with Crippen LogP contribution in [0.5, 0.6) is 0 Å². The van der Waals surface area contributed by atoms with Gasteiger partial charge < -0.3 is 10.0 Å². The molecule has 0 unspecified atom stereocenters. The molecule has 0 aliphatic carbocycles. The highest BCUT2D eigenvalue weighted by atomic mass is 19.1. The number of halogens is 1. The monoisotopic (exact) mass is 181 g/mol. The van der Waals surface area contributed by atoms with E-state index in [9.17, 15) is 9.18 Å². The Labute approximate surface area is 73.5 Å². The van der Waals surface area contributed by atoms with Crippen LogP contribution < -0.4 is 5.46 Å². The molecule has 66 valence electrons. The molecule has 1 aromatic rings. The second-order valence-corrected chi connectivity index (χ2v) is 2.32. The summed E-state index contributed by atoms with van der Waals surface area (Å²) in [6.07, 6.45) is 1.22. The first kappa shape index (κ1) is 9.60. The predicted octanol–water partition coefficient (Wildman–Crippen LogP) is -0.527. The molecule has 0 fully saturated rings. The van der Waals surface area contributed by atoms with Crippen molar-refractivity contribution in [1.29, 1.82) is 0 Å². The normalized spacial score (nSPS) is 9.15. The van der Waals surface area contributed by atoms with Gasteiger partial charge >= 0.3 is 7.12 Å². The van der Waals surface area contributed by atoms with Crippen LogP contribution in [0.2, 0.25) is 0 Å². The van der Waals surface area contributed by atoms with Gasteiger partial charge in [0.15, 0.2) is 0 Å². The van der Waals surface area contributed by atoms with E-state index in [1.807, 2.05) is 0 Å². The fraction of sp³-hybridized carbons (Fsp3) is 0. The van der Waals surface area contributed by atoms with Crippen molar-refractivity contribution < 1.29 is 19.2 Å². The number of isocyanates is 1. The highest BCUT2D eigenvalue weighted by Crippen LogP contribution is 2.10. The molecule has 0 saturated heterocycles. The van der Waals surface area contributed by atoms with E-state index < -0.39 is 12.9 Å². The van der Waals surface area contributed by atoms with Gasteiger partial charge in [-0.15, -0.1) is 0 Å². The van der Waals surface area contributed by atoms with Crippen LogP contribution in [-0.4, -0.2) is 23.2 Å². The van der Waals surface area contributed by atoms with E-state index in [0.29, 0.717) is 0 Å². The molecular weight excluding hydrogens is 176 g/mol. The summed E-state index contributed by atoms with van der Waals surface area (Å²) in [7, 11) is -1.78. The summed E-state index contributed by atoms with van der Waals surface area (Å²) in [5.41, 5.74) is -0.0629. The Hall–Kier alpha value is -1.49. The Bertz CT molecular complexity index is 363. The largest absolute Gasteiger partial charge is 0.488 e. The van der Waals surface area contributed by atoms with Crippen molar-refractivity contribution in [3.8, 4) is 0 Å². The van der Waals surface area contributed by atoms with Crippen LogP contribution in [0.3, 0.4) is 0 Å². The van der Waals surface area contributed by atoms with Crippen LogP contribution in [0.25, 0.3) is 0 Å². The molecule has 0 amide bonds. The van der Waals surface area contributed by atoms with Crippen molar-refractivity contribution in [2.45, 2.75) is 0 Å². The third kappa shape index (κ3) is 2.49. The third-order valence-corrected chi connectivity index (χ3v) is 1.38. The minimum absolute atomic E-state index is 0.00176. The summed E-state index contributed by atoms with van der Waals surface area (Å²) in [4.78, 5) is 13.0. The maximum atomic E-state index is 12.7. The van der Waals surface area contributed by atoms with Crippen LogP contribution in [0.15, 0.2) is 23.2 Å².